The quantitative estimate of drug-likeness (QED) is 0.798. The Labute approximate surface area is 112 Å². The zero-order valence-corrected chi connectivity index (χ0v) is 11.2. The van der Waals surface area contributed by atoms with E-state index >= 15 is 0 Å². The molecule has 1 N–H and O–H groups in total. The normalized spacial score (nSPS) is 19.6. The highest BCUT2D eigenvalue weighted by molar-refractivity contribution is 7.84. The fraction of sp³-hybridized carbons (Fsp3) is 0.364. The third-order valence-corrected chi connectivity index (χ3v) is 5.28. The number of benzene rings is 1. The van der Waals surface area contributed by atoms with Crippen LogP contribution in [0.3, 0.4) is 0 Å². The van der Waals surface area contributed by atoms with Crippen molar-refractivity contribution >= 4 is 32.4 Å². The van der Waals surface area contributed by atoms with Gasteiger partial charge in [-0.3, -0.25) is 9.62 Å². The van der Waals surface area contributed by atoms with Crippen LogP contribution in [0.5, 0.6) is 0 Å². The van der Waals surface area contributed by atoms with Gasteiger partial charge in [0.15, 0.2) is 4.80 Å². The summed E-state index contributed by atoms with van der Waals surface area (Å²) in [6, 6.07) is 2.14. The van der Waals surface area contributed by atoms with Crippen LogP contribution in [0, 0.1) is 5.41 Å². The van der Waals surface area contributed by atoms with Crippen molar-refractivity contribution in [2.24, 2.45) is 0 Å². The summed E-state index contributed by atoms with van der Waals surface area (Å²) in [5.74, 6) is 0.495. The van der Waals surface area contributed by atoms with Gasteiger partial charge < -0.3 is 4.57 Å². The molecule has 0 radical (unpaired) electrons. The van der Waals surface area contributed by atoms with E-state index in [-0.39, 0.29) is 10.6 Å². The van der Waals surface area contributed by atoms with E-state index in [1.165, 1.54) is 0 Å². The molecule has 1 aliphatic rings. The zero-order valence-electron chi connectivity index (χ0n) is 9.58. The molecule has 0 bridgehead atoms. The van der Waals surface area contributed by atoms with Crippen LogP contribution in [0.1, 0.15) is 11.1 Å². The molecular weight excluding hydrogens is 297 g/mol. The third-order valence-electron chi connectivity index (χ3n) is 3.06. The highest BCUT2D eigenvalue weighted by Gasteiger charge is 2.32. The van der Waals surface area contributed by atoms with Gasteiger partial charge in [-0.25, -0.2) is 0 Å². The van der Waals surface area contributed by atoms with Crippen LogP contribution in [0.4, 0.5) is 13.2 Å². The summed E-state index contributed by atoms with van der Waals surface area (Å²) in [7, 11) is -1.18. The maximum atomic E-state index is 12.8. The first-order chi connectivity index (χ1) is 8.86. The van der Waals surface area contributed by atoms with Gasteiger partial charge in [-0.15, -0.1) is 0 Å². The van der Waals surface area contributed by atoms with Gasteiger partial charge >= 0.3 is 6.18 Å². The first-order valence-corrected chi connectivity index (χ1v) is 7.80. The summed E-state index contributed by atoms with van der Waals surface area (Å²) in [5, 5.41) is 7.82. The Kier molecular flexibility index (Phi) is 2.82. The Hall–Kier alpha value is -1.15. The third kappa shape index (κ3) is 2.12. The molecule has 0 spiro atoms. The number of aromatic nitrogens is 1. The van der Waals surface area contributed by atoms with Crippen LogP contribution < -0.4 is 4.80 Å². The SMILES string of the molecule is N=c1sc2cc(C(F)(F)F)cc3c2n1CCS(=O)C3. The average molecular weight is 306 g/mol. The highest BCUT2D eigenvalue weighted by atomic mass is 32.2. The molecule has 1 aromatic heterocycles. The molecule has 2 heterocycles. The first-order valence-electron chi connectivity index (χ1n) is 5.49. The summed E-state index contributed by atoms with van der Waals surface area (Å²) in [6.45, 7) is 0.420. The van der Waals surface area contributed by atoms with Crippen LogP contribution in [0.25, 0.3) is 10.2 Å². The summed E-state index contributed by atoms with van der Waals surface area (Å²) in [4.78, 5) is 0.203. The largest absolute Gasteiger partial charge is 0.416 e. The number of nitrogens with zero attached hydrogens (tertiary/aromatic N) is 1. The molecular formula is C11H9F3N2OS2. The molecule has 3 nitrogen and oxygen atoms in total. The van der Waals surface area contributed by atoms with Crippen molar-refractivity contribution in [2.45, 2.75) is 18.5 Å². The van der Waals surface area contributed by atoms with Gasteiger partial charge in [-0.05, 0) is 17.7 Å². The van der Waals surface area contributed by atoms with E-state index in [2.05, 4.69) is 0 Å². The van der Waals surface area contributed by atoms with Crippen LogP contribution >= 0.6 is 11.3 Å². The number of hydrogen-bond acceptors (Lipinski definition) is 3. The van der Waals surface area contributed by atoms with Crippen molar-refractivity contribution in [3.05, 3.63) is 28.1 Å². The lowest BCUT2D eigenvalue weighted by Crippen LogP contribution is -2.15. The molecule has 0 fully saturated rings. The van der Waals surface area contributed by atoms with E-state index in [0.29, 0.717) is 28.1 Å². The fourth-order valence-corrected chi connectivity index (χ4v) is 4.36. The predicted octanol–water partition coefficient (Wildman–Crippen LogP) is 2.46. The molecule has 3 rings (SSSR count). The molecule has 0 saturated heterocycles. The maximum absolute atomic E-state index is 12.8. The van der Waals surface area contributed by atoms with Crippen LogP contribution in [-0.2, 0) is 29.3 Å². The lowest BCUT2D eigenvalue weighted by molar-refractivity contribution is -0.137. The Morgan fingerprint density at radius 1 is 1.37 bits per heavy atom. The van der Waals surface area contributed by atoms with E-state index in [0.717, 1.165) is 23.5 Å². The molecule has 0 saturated carbocycles. The molecule has 2 aromatic rings. The second-order valence-corrected chi connectivity index (χ2v) is 6.93. The van der Waals surface area contributed by atoms with Crippen molar-refractivity contribution in [3.63, 3.8) is 0 Å². The van der Waals surface area contributed by atoms with E-state index in [1.54, 1.807) is 4.57 Å². The molecule has 8 heteroatoms. The van der Waals surface area contributed by atoms with E-state index in [1.807, 2.05) is 0 Å². The smallest absolute Gasteiger partial charge is 0.316 e. The Bertz CT molecular complexity index is 745. The molecule has 1 atom stereocenters. The van der Waals surface area contributed by atoms with Crippen molar-refractivity contribution in [1.82, 2.24) is 4.57 Å². The minimum absolute atomic E-state index is 0.122. The molecule has 102 valence electrons. The zero-order chi connectivity index (χ0) is 13.8. The summed E-state index contributed by atoms with van der Waals surface area (Å²) >= 11 is 1.03. The van der Waals surface area contributed by atoms with Crippen molar-refractivity contribution in [1.29, 1.82) is 5.41 Å². The topological polar surface area (TPSA) is 45.9 Å². The number of thiazole rings is 1. The monoisotopic (exact) mass is 306 g/mol. The second-order valence-electron chi connectivity index (χ2n) is 4.33. The van der Waals surface area contributed by atoms with Gasteiger partial charge in [-0.2, -0.15) is 13.2 Å². The van der Waals surface area contributed by atoms with Gasteiger partial charge in [-0.1, -0.05) is 11.3 Å². The van der Waals surface area contributed by atoms with Gasteiger partial charge in [0.05, 0.1) is 21.5 Å². The van der Waals surface area contributed by atoms with Crippen molar-refractivity contribution < 1.29 is 17.4 Å². The molecule has 1 unspecified atom stereocenters. The summed E-state index contributed by atoms with van der Waals surface area (Å²) in [6.07, 6.45) is -4.42. The fourth-order valence-electron chi connectivity index (χ4n) is 2.24. The Balaban J connectivity index is 2.37. The minimum atomic E-state index is -4.42. The molecule has 1 aromatic carbocycles. The van der Waals surface area contributed by atoms with Gasteiger partial charge in [0.2, 0.25) is 0 Å². The number of aryl methyl sites for hydroxylation is 1. The Morgan fingerprint density at radius 2 is 2.11 bits per heavy atom. The van der Waals surface area contributed by atoms with Crippen molar-refractivity contribution in [3.8, 4) is 0 Å². The van der Waals surface area contributed by atoms with E-state index < -0.39 is 22.5 Å². The number of halogens is 3. The predicted molar refractivity (Wildman–Crippen MR) is 67.4 cm³/mol. The molecule has 1 aliphatic heterocycles. The lowest BCUT2D eigenvalue weighted by Gasteiger charge is -2.09. The summed E-state index contributed by atoms with van der Waals surface area (Å²) in [5.41, 5.74) is 0.326. The standard InChI is InChI=1S/C11H9F3N2OS2/c12-11(13,14)7-3-6-5-19(17)2-1-16-9(6)8(4-7)18-10(16)15/h3-4,15H,1-2,5H2. The minimum Gasteiger partial charge on any atom is -0.316 e. The number of alkyl halides is 3. The summed E-state index contributed by atoms with van der Waals surface area (Å²) < 4.78 is 52.3. The number of hydrogen-bond donors (Lipinski definition) is 1. The van der Waals surface area contributed by atoms with Gasteiger partial charge in [0.1, 0.15) is 0 Å². The van der Waals surface area contributed by atoms with E-state index in [9.17, 15) is 17.4 Å². The van der Waals surface area contributed by atoms with E-state index in [4.69, 9.17) is 5.41 Å². The average Bonchev–Trinajstić information content (AvgIpc) is 2.49. The number of nitrogens with one attached hydrogen (secondary N) is 1. The van der Waals surface area contributed by atoms with Crippen LogP contribution in [0.15, 0.2) is 12.1 Å². The molecule has 19 heavy (non-hydrogen) atoms. The van der Waals surface area contributed by atoms with Gasteiger partial charge in [0.25, 0.3) is 0 Å². The van der Waals surface area contributed by atoms with Crippen molar-refractivity contribution in [2.75, 3.05) is 5.75 Å². The molecule has 0 amide bonds. The maximum Gasteiger partial charge on any atom is 0.416 e. The Morgan fingerprint density at radius 3 is 2.79 bits per heavy atom. The number of rotatable bonds is 0. The van der Waals surface area contributed by atoms with Crippen LogP contribution in [-0.4, -0.2) is 14.5 Å². The lowest BCUT2D eigenvalue weighted by atomic mass is 10.1. The second kappa shape index (κ2) is 4.17. The van der Waals surface area contributed by atoms with Crippen LogP contribution in [0.2, 0.25) is 0 Å². The van der Waals surface area contributed by atoms with Gasteiger partial charge in [0, 0.05) is 23.1 Å². The first kappa shape index (κ1) is 12.9. The highest BCUT2D eigenvalue weighted by Crippen LogP contribution is 2.35. The molecule has 0 aliphatic carbocycles.